The van der Waals surface area contributed by atoms with E-state index < -0.39 is 12.0 Å². The highest BCUT2D eigenvalue weighted by atomic mass is 16.7. The van der Waals surface area contributed by atoms with Crippen molar-refractivity contribution in [2.45, 2.75) is 25.3 Å². The van der Waals surface area contributed by atoms with Crippen LogP contribution >= 0.6 is 0 Å². The van der Waals surface area contributed by atoms with E-state index in [9.17, 15) is 14.7 Å². The predicted octanol–water partition coefficient (Wildman–Crippen LogP) is 0.849. The second-order valence-electron chi connectivity index (χ2n) is 6.03. The van der Waals surface area contributed by atoms with E-state index in [1.807, 2.05) is 0 Å². The maximum Gasteiger partial charge on any atom is 0.320 e. The fourth-order valence-electron chi connectivity index (χ4n) is 3.03. The van der Waals surface area contributed by atoms with Gasteiger partial charge in [-0.1, -0.05) is 6.42 Å². The van der Waals surface area contributed by atoms with E-state index in [1.54, 1.807) is 23.1 Å². The van der Waals surface area contributed by atoms with Crippen LogP contribution in [0, 0.1) is 0 Å². The molecule has 1 aromatic rings. The number of carboxylic acids is 1. The molecular weight excluding hydrogens is 328 g/mol. The molecule has 1 saturated heterocycles. The lowest BCUT2D eigenvalue weighted by molar-refractivity contribution is -0.145. The van der Waals surface area contributed by atoms with Gasteiger partial charge < -0.3 is 24.6 Å². The lowest BCUT2D eigenvalue weighted by Crippen LogP contribution is -2.49. The Kier molecular flexibility index (Phi) is 5.60. The van der Waals surface area contributed by atoms with E-state index in [4.69, 9.17) is 14.2 Å². The van der Waals surface area contributed by atoms with Gasteiger partial charge in [0.2, 0.25) is 12.7 Å². The molecule has 1 fully saturated rings. The molecule has 0 saturated carbocycles. The molecule has 1 aromatic carbocycles. The van der Waals surface area contributed by atoms with Crippen LogP contribution in [0.3, 0.4) is 0 Å². The van der Waals surface area contributed by atoms with Crippen LogP contribution in [0.15, 0.2) is 18.2 Å². The lowest BCUT2D eigenvalue weighted by atomic mass is 10.0. The van der Waals surface area contributed by atoms with Gasteiger partial charge in [-0.05, 0) is 31.5 Å². The molecule has 1 atom stereocenters. The summed E-state index contributed by atoms with van der Waals surface area (Å²) < 4.78 is 16.1. The summed E-state index contributed by atoms with van der Waals surface area (Å²) in [6.45, 7) is 1.61. The first-order valence-corrected chi connectivity index (χ1v) is 8.39. The molecule has 8 heteroatoms. The van der Waals surface area contributed by atoms with Gasteiger partial charge in [-0.3, -0.25) is 14.5 Å². The number of hydrogen-bond donors (Lipinski definition) is 2. The second-order valence-corrected chi connectivity index (χ2v) is 6.03. The van der Waals surface area contributed by atoms with E-state index >= 15 is 0 Å². The molecule has 136 valence electrons. The fourth-order valence-corrected chi connectivity index (χ4v) is 3.03. The number of aliphatic carboxylic acids is 1. The number of carbonyl (C=O) groups excluding carboxylic acids is 1. The van der Waals surface area contributed by atoms with Crippen molar-refractivity contribution in [3.63, 3.8) is 0 Å². The largest absolute Gasteiger partial charge is 0.492 e. The van der Waals surface area contributed by atoms with Crippen LogP contribution < -0.4 is 19.5 Å². The number of ether oxygens (including phenoxy) is 3. The van der Waals surface area contributed by atoms with E-state index in [0.717, 1.165) is 12.8 Å². The number of benzene rings is 1. The van der Waals surface area contributed by atoms with Gasteiger partial charge in [0.05, 0.1) is 13.1 Å². The van der Waals surface area contributed by atoms with E-state index in [1.165, 1.54) is 0 Å². The van der Waals surface area contributed by atoms with Crippen LogP contribution in [0.25, 0.3) is 0 Å². The number of likely N-dealkylation sites (tertiary alicyclic amines) is 1. The van der Waals surface area contributed by atoms with Gasteiger partial charge in [0.25, 0.3) is 0 Å². The number of fused-ring (bicyclic) bond motifs is 1. The summed E-state index contributed by atoms with van der Waals surface area (Å²) in [4.78, 5) is 25.0. The summed E-state index contributed by atoms with van der Waals surface area (Å²) in [5, 5.41) is 12.0. The molecule has 2 N–H and O–H groups in total. The van der Waals surface area contributed by atoms with Crippen molar-refractivity contribution < 1.29 is 28.9 Å². The van der Waals surface area contributed by atoms with Gasteiger partial charge >= 0.3 is 5.97 Å². The fraction of sp³-hybridized carbons (Fsp3) is 0.529. The summed E-state index contributed by atoms with van der Waals surface area (Å²) >= 11 is 0. The first-order chi connectivity index (χ1) is 12.1. The maximum atomic E-state index is 12.0. The van der Waals surface area contributed by atoms with Gasteiger partial charge in [-0.25, -0.2) is 0 Å². The molecule has 0 spiro atoms. The van der Waals surface area contributed by atoms with Crippen LogP contribution in [-0.4, -0.2) is 61.0 Å². The molecule has 2 aliphatic rings. The van der Waals surface area contributed by atoms with E-state index in [2.05, 4.69) is 5.32 Å². The van der Waals surface area contributed by atoms with Crippen LogP contribution in [0.4, 0.5) is 0 Å². The van der Waals surface area contributed by atoms with Crippen molar-refractivity contribution in [2.75, 3.05) is 33.0 Å². The first-order valence-electron chi connectivity index (χ1n) is 8.39. The molecule has 2 aliphatic heterocycles. The number of hydrogen-bond acceptors (Lipinski definition) is 6. The number of carbonyl (C=O) groups is 2. The highest BCUT2D eigenvalue weighted by molar-refractivity contribution is 5.80. The predicted molar refractivity (Wildman–Crippen MR) is 87.9 cm³/mol. The molecule has 0 bridgehead atoms. The second kappa shape index (κ2) is 8.06. The first kappa shape index (κ1) is 17.3. The van der Waals surface area contributed by atoms with Gasteiger partial charge in [0.1, 0.15) is 18.4 Å². The third-order valence-electron chi connectivity index (χ3n) is 4.28. The topological polar surface area (TPSA) is 97.3 Å². The highest BCUT2D eigenvalue weighted by Gasteiger charge is 2.29. The van der Waals surface area contributed by atoms with Gasteiger partial charge in [-0.15, -0.1) is 0 Å². The summed E-state index contributed by atoms with van der Waals surface area (Å²) in [6.07, 6.45) is 2.40. The number of nitrogens with one attached hydrogen (secondary N) is 1. The Hall–Kier alpha value is -2.48. The van der Waals surface area contributed by atoms with E-state index in [-0.39, 0.29) is 19.2 Å². The van der Waals surface area contributed by atoms with Gasteiger partial charge in [0, 0.05) is 6.07 Å². The Morgan fingerprint density at radius 3 is 2.96 bits per heavy atom. The summed E-state index contributed by atoms with van der Waals surface area (Å²) in [7, 11) is 0. The third kappa shape index (κ3) is 4.54. The smallest absolute Gasteiger partial charge is 0.320 e. The average Bonchev–Trinajstić information content (AvgIpc) is 3.07. The zero-order valence-corrected chi connectivity index (χ0v) is 13.9. The van der Waals surface area contributed by atoms with Crippen molar-refractivity contribution in [1.29, 1.82) is 0 Å². The number of piperidine rings is 1. The monoisotopic (exact) mass is 350 g/mol. The number of carboxylic acid groups (broad SMARTS) is 1. The Labute approximate surface area is 145 Å². The lowest BCUT2D eigenvalue weighted by Gasteiger charge is -2.32. The molecule has 0 aromatic heterocycles. The van der Waals surface area contributed by atoms with Crippen LogP contribution in [0.2, 0.25) is 0 Å². The van der Waals surface area contributed by atoms with Crippen LogP contribution in [0.1, 0.15) is 19.3 Å². The summed E-state index contributed by atoms with van der Waals surface area (Å²) in [5.74, 6) is 0.920. The molecule has 2 heterocycles. The van der Waals surface area contributed by atoms with Crippen molar-refractivity contribution in [3.8, 4) is 17.2 Å². The summed E-state index contributed by atoms with van der Waals surface area (Å²) in [5.41, 5.74) is 0. The molecule has 25 heavy (non-hydrogen) atoms. The Morgan fingerprint density at radius 2 is 2.12 bits per heavy atom. The molecular formula is C17H22N2O6. The Morgan fingerprint density at radius 1 is 1.28 bits per heavy atom. The zero-order valence-electron chi connectivity index (χ0n) is 13.9. The summed E-state index contributed by atoms with van der Waals surface area (Å²) in [6, 6.07) is 4.73. The molecule has 1 amide bonds. The van der Waals surface area contributed by atoms with Crippen LogP contribution in [0.5, 0.6) is 17.2 Å². The maximum absolute atomic E-state index is 12.0. The number of rotatable bonds is 7. The molecule has 8 nitrogen and oxygen atoms in total. The highest BCUT2D eigenvalue weighted by Crippen LogP contribution is 2.34. The molecule has 0 aliphatic carbocycles. The minimum absolute atomic E-state index is 0.0982. The molecule has 0 radical (unpaired) electrons. The molecule has 3 rings (SSSR count). The van der Waals surface area contributed by atoms with Gasteiger partial charge in [0.15, 0.2) is 11.5 Å². The number of nitrogens with zero attached hydrogens (tertiary/aromatic N) is 1. The standard InChI is InChI=1S/C17H22N2O6/c20-16(10-19-7-2-1-3-13(19)17(21)22)18-6-8-23-12-4-5-14-15(9-12)25-11-24-14/h4-5,9,13H,1-3,6-8,10-11H2,(H,18,20)(H,21,22). The minimum atomic E-state index is -0.862. The van der Waals surface area contributed by atoms with Crippen molar-refractivity contribution in [2.24, 2.45) is 0 Å². The van der Waals surface area contributed by atoms with Crippen LogP contribution in [-0.2, 0) is 9.59 Å². The zero-order chi connectivity index (χ0) is 17.6. The normalized spacial score (nSPS) is 19.4. The number of amides is 1. The molecule has 1 unspecified atom stereocenters. The van der Waals surface area contributed by atoms with Gasteiger partial charge in [-0.2, -0.15) is 0 Å². The minimum Gasteiger partial charge on any atom is -0.492 e. The quantitative estimate of drug-likeness (QED) is 0.704. The van der Waals surface area contributed by atoms with Crippen molar-refractivity contribution >= 4 is 11.9 Å². The SMILES string of the molecule is O=C(CN1CCCCC1C(=O)O)NCCOc1ccc2c(c1)OCO2. The third-order valence-corrected chi connectivity index (χ3v) is 4.28. The van der Waals surface area contributed by atoms with Crippen molar-refractivity contribution in [3.05, 3.63) is 18.2 Å². The van der Waals surface area contributed by atoms with E-state index in [0.29, 0.717) is 43.4 Å². The van der Waals surface area contributed by atoms with Crippen molar-refractivity contribution in [1.82, 2.24) is 10.2 Å². The average molecular weight is 350 g/mol. The Balaban J connectivity index is 1.38. The Bertz CT molecular complexity index is 636.